The maximum atomic E-state index is 11.2. The Hall–Kier alpha value is -4.67. The van der Waals surface area contributed by atoms with Crippen LogP contribution in [0.5, 0.6) is 11.5 Å². The second-order valence-corrected chi connectivity index (χ2v) is 11.1. The number of carbonyl (C=O) groups is 1. The first-order valence-corrected chi connectivity index (χ1v) is 14.9. The van der Waals surface area contributed by atoms with Crippen LogP contribution in [0.1, 0.15) is 32.6 Å². The molecule has 0 atom stereocenters. The summed E-state index contributed by atoms with van der Waals surface area (Å²) < 4.78 is 17.2. The monoisotopic (exact) mass is 595 g/mol. The summed E-state index contributed by atoms with van der Waals surface area (Å²) in [5.74, 6) is 1.95. The molecule has 228 valence electrons. The van der Waals surface area contributed by atoms with E-state index in [1.54, 1.807) is 25.3 Å². The van der Waals surface area contributed by atoms with Crippen LogP contribution in [0, 0.1) is 0 Å². The highest BCUT2D eigenvalue weighted by atomic mass is 16.5. The summed E-state index contributed by atoms with van der Waals surface area (Å²) in [5.41, 5.74) is 12.8. The first-order chi connectivity index (χ1) is 21.5. The molecule has 44 heavy (non-hydrogen) atoms. The number of anilines is 2. The van der Waals surface area contributed by atoms with Crippen molar-refractivity contribution in [1.29, 1.82) is 0 Å². The van der Waals surface area contributed by atoms with Crippen LogP contribution in [0.4, 0.5) is 11.8 Å². The van der Waals surface area contributed by atoms with Gasteiger partial charge in [0, 0.05) is 43.9 Å². The number of aromatic nitrogens is 2. The highest BCUT2D eigenvalue weighted by molar-refractivity contribution is 5.87. The number of piperazine rings is 1. The van der Waals surface area contributed by atoms with Gasteiger partial charge in [0.2, 0.25) is 5.95 Å². The molecule has 3 aromatic carbocycles. The number of carboxylic acids is 1. The summed E-state index contributed by atoms with van der Waals surface area (Å²) >= 11 is 0. The molecule has 4 aromatic rings. The number of rotatable bonds is 11. The minimum absolute atomic E-state index is 0.276. The predicted molar refractivity (Wildman–Crippen MR) is 168 cm³/mol. The van der Waals surface area contributed by atoms with Crippen LogP contribution < -0.4 is 20.1 Å². The van der Waals surface area contributed by atoms with Gasteiger partial charge in [0.15, 0.2) is 0 Å². The molecule has 1 aliphatic carbocycles. The van der Waals surface area contributed by atoms with Gasteiger partial charge in [-0.15, -0.1) is 0 Å². The lowest BCUT2D eigenvalue weighted by atomic mass is 9.88. The van der Waals surface area contributed by atoms with Crippen molar-refractivity contribution >= 4 is 17.7 Å². The first kappa shape index (κ1) is 29.4. The van der Waals surface area contributed by atoms with E-state index in [0.29, 0.717) is 19.8 Å². The van der Waals surface area contributed by atoms with Crippen LogP contribution in [0.15, 0.2) is 66.7 Å². The lowest BCUT2D eigenvalue weighted by Gasteiger charge is -2.37. The van der Waals surface area contributed by atoms with Gasteiger partial charge in [-0.05, 0) is 72.0 Å². The van der Waals surface area contributed by atoms with Crippen LogP contribution in [0.2, 0.25) is 0 Å². The number of methoxy groups -OCH3 is 1. The van der Waals surface area contributed by atoms with E-state index >= 15 is 0 Å². The van der Waals surface area contributed by atoms with Gasteiger partial charge in [0.05, 0.1) is 31.6 Å². The molecule has 0 unspecified atom stereocenters. The summed E-state index contributed by atoms with van der Waals surface area (Å²) in [6.07, 6.45) is 1.73. The minimum atomic E-state index is -0.930. The molecule has 1 aliphatic heterocycles. The van der Waals surface area contributed by atoms with E-state index in [0.717, 1.165) is 90.8 Å². The molecule has 0 spiro atoms. The fourth-order valence-electron chi connectivity index (χ4n) is 5.81. The Kier molecular flexibility index (Phi) is 8.90. The third-order valence-electron chi connectivity index (χ3n) is 8.21. The zero-order valence-electron chi connectivity index (χ0n) is 24.9. The number of benzene rings is 3. The van der Waals surface area contributed by atoms with Crippen molar-refractivity contribution in [1.82, 2.24) is 14.9 Å². The molecular weight excluding hydrogens is 558 g/mol. The molecule has 0 bridgehead atoms. The maximum Gasteiger partial charge on any atom is 0.335 e. The average molecular weight is 596 g/mol. The van der Waals surface area contributed by atoms with E-state index < -0.39 is 5.97 Å². The molecule has 6 rings (SSSR count). The second-order valence-electron chi connectivity index (χ2n) is 11.1. The third-order valence-corrected chi connectivity index (χ3v) is 8.21. The molecule has 3 N–H and O–H groups in total. The van der Waals surface area contributed by atoms with Crippen LogP contribution in [-0.2, 0) is 30.8 Å². The van der Waals surface area contributed by atoms with Crippen molar-refractivity contribution in [2.75, 3.05) is 57.1 Å². The Morgan fingerprint density at radius 3 is 2.48 bits per heavy atom. The van der Waals surface area contributed by atoms with Crippen molar-refractivity contribution in [2.24, 2.45) is 0 Å². The molecule has 0 amide bonds. The number of ether oxygens (including phenoxy) is 3. The number of nitrogen functional groups attached to an aromatic ring is 1. The Balaban J connectivity index is 1.05. The summed E-state index contributed by atoms with van der Waals surface area (Å²) in [4.78, 5) is 25.3. The summed E-state index contributed by atoms with van der Waals surface area (Å²) in [5, 5.41) is 9.18. The number of carboxylic acid groups (broad SMARTS) is 1. The number of hydrogen-bond donors (Lipinski definition) is 2. The van der Waals surface area contributed by atoms with E-state index in [2.05, 4.69) is 26.9 Å². The molecule has 10 heteroatoms. The Morgan fingerprint density at radius 2 is 1.70 bits per heavy atom. The fourth-order valence-corrected chi connectivity index (χ4v) is 5.81. The summed E-state index contributed by atoms with van der Waals surface area (Å²) in [6, 6.07) is 21.0. The van der Waals surface area contributed by atoms with Crippen LogP contribution in [-0.4, -0.2) is 72.4 Å². The van der Waals surface area contributed by atoms with Crippen LogP contribution >= 0.6 is 0 Å². The maximum absolute atomic E-state index is 11.2. The van der Waals surface area contributed by atoms with Gasteiger partial charge in [-0.1, -0.05) is 24.3 Å². The molecular formula is C34H37N5O5. The average Bonchev–Trinajstić information content (AvgIpc) is 3.06. The zero-order chi connectivity index (χ0) is 30.5. The zero-order valence-corrected chi connectivity index (χ0v) is 24.9. The Morgan fingerprint density at radius 1 is 0.909 bits per heavy atom. The quantitative estimate of drug-likeness (QED) is 0.241. The number of aryl methyl sites for hydroxylation is 1. The molecule has 2 heterocycles. The lowest BCUT2D eigenvalue weighted by molar-refractivity contribution is 0.0695. The molecule has 1 aromatic heterocycles. The SMILES string of the molecule is COc1ccc(COc2ccc3c(c2)CCc2c-3nc(N)nc2N2CCN(CCOCc3cccc(C(=O)O)c3)CC2)cc1. The van der Waals surface area contributed by atoms with Crippen molar-refractivity contribution in [3.05, 3.63) is 94.5 Å². The van der Waals surface area contributed by atoms with Gasteiger partial charge < -0.3 is 30.0 Å². The largest absolute Gasteiger partial charge is 0.497 e. The number of aromatic carboxylic acids is 1. The lowest BCUT2D eigenvalue weighted by Crippen LogP contribution is -2.48. The van der Waals surface area contributed by atoms with E-state index in [1.807, 2.05) is 36.4 Å². The number of hydrogen-bond acceptors (Lipinski definition) is 9. The number of nitrogens with zero attached hydrogens (tertiary/aromatic N) is 4. The third kappa shape index (κ3) is 6.77. The van der Waals surface area contributed by atoms with Gasteiger partial charge in [-0.3, -0.25) is 4.90 Å². The van der Waals surface area contributed by atoms with E-state index in [-0.39, 0.29) is 11.5 Å². The molecule has 1 saturated heterocycles. The van der Waals surface area contributed by atoms with Gasteiger partial charge in [-0.25, -0.2) is 9.78 Å². The number of nitrogens with two attached hydrogens (primary N) is 1. The summed E-state index contributed by atoms with van der Waals surface area (Å²) in [7, 11) is 1.66. The van der Waals surface area contributed by atoms with E-state index in [1.165, 1.54) is 5.56 Å². The molecule has 0 radical (unpaired) electrons. The molecule has 1 fully saturated rings. The van der Waals surface area contributed by atoms with Gasteiger partial charge in [-0.2, -0.15) is 4.98 Å². The van der Waals surface area contributed by atoms with E-state index in [9.17, 15) is 9.90 Å². The minimum Gasteiger partial charge on any atom is -0.497 e. The highest BCUT2D eigenvalue weighted by Crippen LogP contribution is 2.38. The van der Waals surface area contributed by atoms with E-state index in [4.69, 9.17) is 24.9 Å². The predicted octanol–water partition coefficient (Wildman–Crippen LogP) is 4.45. The summed E-state index contributed by atoms with van der Waals surface area (Å²) in [6.45, 7) is 5.73. The standard InChI is InChI=1S/C34H37N5O5/c1-42-27-8-5-23(6-9-27)22-44-28-10-12-29-25(20-28)7-11-30-31(29)36-34(35)37-32(30)39-15-13-38(14-16-39)17-18-43-21-24-3-2-4-26(19-24)33(40)41/h2-6,8-10,12,19-20H,7,11,13-18,21-22H2,1H3,(H,40,41)(H2,35,36,37). The van der Waals surface area contributed by atoms with Gasteiger partial charge in [0.25, 0.3) is 0 Å². The fraction of sp³-hybridized carbons (Fsp3) is 0.324. The van der Waals surface area contributed by atoms with Crippen molar-refractivity contribution in [3.63, 3.8) is 0 Å². The van der Waals surface area contributed by atoms with Gasteiger partial charge >= 0.3 is 5.97 Å². The smallest absolute Gasteiger partial charge is 0.335 e. The van der Waals surface area contributed by atoms with Crippen molar-refractivity contribution < 1.29 is 24.1 Å². The topological polar surface area (TPSA) is 123 Å². The molecule has 0 saturated carbocycles. The van der Waals surface area contributed by atoms with Crippen LogP contribution in [0.3, 0.4) is 0 Å². The Labute approximate surface area is 257 Å². The normalized spacial score (nSPS) is 14.5. The Bertz CT molecular complexity index is 1620. The second kappa shape index (κ2) is 13.3. The van der Waals surface area contributed by atoms with Crippen molar-refractivity contribution in [3.8, 4) is 22.8 Å². The number of fused-ring (bicyclic) bond motifs is 3. The van der Waals surface area contributed by atoms with Crippen LogP contribution in [0.25, 0.3) is 11.3 Å². The molecule has 10 nitrogen and oxygen atoms in total. The molecule has 2 aliphatic rings. The first-order valence-electron chi connectivity index (χ1n) is 14.9. The highest BCUT2D eigenvalue weighted by Gasteiger charge is 2.27. The van der Waals surface area contributed by atoms with Gasteiger partial charge in [0.1, 0.15) is 23.9 Å². The van der Waals surface area contributed by atoms with Crippen molar-refractivity contribution in [2.45, 2.75) is 26.1 Å².